The van der Waals surface area contributed by atoms with Crippen LogP contribution in [0.1, 0.15) is 20.3 Å². The molecule has 3 unspecified atom stereocenters. The first-order chi connectivity index (χ1) is 6.67. The third-order valence-electron chi connectivity index (χ3n) is 2.75. The Morgan fingerprint density at radius 1 is 1.57 bits per heavy atom. The number of rotatable bonds is 4. The molecular formula is C10H21NO3. The number of aliphatic hydroxyl groups excluding tert-OH is 2. The summed E-state index contributed by atoms with van der Waals surface area (Å²) in [6, 6.07) is 0.332. The van der Waals surface area contributed by atoms with Crippen LogP contribution in [0.4, 0.5) is 0 Å². The van der Waals surface area contributed by atoms with Gasteiger partial charge in [-0.05, 0) is 13.3 Å². The summed E-state index contributed by atoms with van der Waals surface area (Å²) in [7, 11) is 0. The molecule has 1 saturated heterocycles. The van der Waals surface area contributed by atoms with Crippen molar-refractivity contribution in [2.45, 2.75) is 38.5 Å². The lowest BCUT2D eigenvalue weighted by atomic mass is 10.1. The molecule has 0 bridgehead atoms. The van der Waals surface area contributed by atoms with Crippen LogP contribution < -0.4 is 0 Å². The number of ether oxygens (including phenoxy) is 1. The molecule has 0 spiro atoms. The summed E-state index contributed by atoms with van der Waals surface area (Å²) in [5, 5.41) is 18.5. The van der Waals surface area contributed by atoms with E-state index in [1.54, 1.807) is 0 Å². The SMILES string of the molecule is CCC(O)CN1CC(CO)OCC1C. The van der Waals surface area contributed by atoms with E-state index in [2.05, 4.69) is 11.8 Å². The summed E-state index contributed by atoms with van der Waals surface area (Å²) in [6.07, 6.45) is 0.415. The van der Waals surface area contributed by atoms with E-state index in [1.165, 1.54) is 0 Å². The average molecular weight is 203 g/mol. The van der Waals surface area contributed by atoms with E-state index in [0.717, 1.165) is 6.42 Å². The van der Waals surface area contributed by atoms with Crippen molar-refractivity contribution in [1.82, 2.24) is 4.90 Å². The second-order valence-corrected chi connectivity index (χ2v) is 4.00. The van der Waals surface area contributed by atoms with Crippen LogP contribution in [0.5, 0.6) is 0 Å². The minimum absolute atomic E-state index is 0.0610. The molecule has 0 saturated carbocycles. The molecular weight excluding hydrogens is 182 g/mol. The first-order valence-corrected chi connectivity index (χ1v) is 5.32. The second-order valence-electron chi connectivity index (χ2n) is 4.00. The Morgan fingerprint density at radius 3 is 2.86 bits per heavy atom. The maximum Gasteiger partial charge on any atom is 0.0933 e. The minimum atomic E-state index is -0.269. The van der Waals surface area contributed by atoms with E-state index in [-0.39, 0.29) is 18.8 Å². The molecule has 84 valence electrons. The average Bonchev–Trinajstić information content (AvgIpc) is 2.21. The highest BCUT2D eigenvalue weighted by Gasteiger charge is 2.26. The van der Waals surface area contributed by atoms with Crippen LogP contribution in [0.3, 0.4) is 0 Å². The van der Waals surface area contributed by atoms with Crippen LogP contribution in [0, 0.1) is 0 Å². The van der Waals surface area contributed by atoms with Crippen molar-refractivity contribution in [3.05, 3.63) is 0 Å². The topological polar surface area (TPSA) is 52.9 Å². The highest BCUT2D eigenvalue weighted by molar-refractivity contribution is 4.78. The lowest BCUT2D eigenvalue weighted by molar-refractivity contribution is -0.0867. The number of aliphatic hydroxyl groups is 2. The summed E-state index contributed by atoms with van der Waals surface area (Å²) in [6.45, 7) is 6.15. The van der Waals surface area contributed by atoms with Crippen molar-refractivity contribution in [3.63, 3.8) is 0 Å². The number of hydrogen-bond donors (Lipinski definition) is 2. The number of morpholine rings is 1. The van der Waals surface area contributed by atoms with Crippen molar-refractivity contribution in [2.75, 3.05) is 26.3 Å². The van der Waals surface area contributed by atoms with E-state index in [4.69, 9.17) is 9.84 Å². The van der Waals surface area contributed by atoms with Crippen molar-refractivity contribution in [3.8, 4) is 0 Å². The highest BCUT2D eigenvalue weighted by Crippen LogP contribution is 2.12. The fourth-order valence-corrected chi connectivity index (χ4v) is 1.64. The Morgan fingerprint density at radius 2 is 2.29 bits per heavy atom. The monoisotopic (exact) mass is 203 g/mol. The van der Waals surface area contributed by atoms with E-state index in [9.17, 15) is 5.11 Å². The number of β-amino-alcohol motifs (C(OH)–C–C–N with tert-alkyl or cyclic N) is 1. The van der Waals surface area contributed by atoms with E-state index in [1.807, 2.05) is 6.92 Å². The first kappa shape index (κ1) is 11.9. The molecule has 0 aromatic heterocycles. The van der Waals surface area contributed by atoms with Gasteiger partial charge in [-0.2, -0.15) is 0 Å². The molecule has 0 aromatic carbocycles. The van der Waals surface area contributed by atoms with Gasteiger partial charge in [-0.15, -0.1) is 0 Å². The quantitative estimate of drug-likeness (QED) is 0.666. The Hall–Kier alpha value is -0.160. The van der Waals surface area contributed by atoms with Gasteiger partial charge in [-0.1, -0.05) is 6.92 Å². The lowest BCUT2D eigenvalue weighted by Crippen LogP contribution is -2.51. The largest absolute Gasteiger partial charge is 0.394 e. The molecule has 1 aliphatic rings. The van der Waals surface area contributed by atoms with Crippen LogP contribution in [-0.2, 0) is 4.74 Å². The zero-order chi connectivity index (χ0) is 10.6. The second kappa shape index (κ2) is 5.66. The predicted octanol–water partition coefficient (Wildman–Crippen LogP) is -0.161. The molecule has 2 N–H and O–H groups in total. The summed E-state index contributed by atoms with van der Waals surface area (Å²) in [5.74, 6) is 0. The van der Waals surface area contributed by atoms with Gasteiger partial charge in [0.05, 0.1) is 25.4 Å². The van der Waals surface area contributed by atoms with Gasteiger partial charge in [0.15, 0.2) is 0 Å². The Kier molecular flexibility index (Phi) is 4.81. The maximum atomic E-state index is 9.54. The minimum Gasteiger partial charge on any atom is -0.394 e. The van der Waals surface area contributed by atoms with Gasteiger partial charge in [0.1, 0.15) is 0 Å². The molecule has 0 aromatic rings. The molecule has 4 heteroatoms. The molecule has 3 atom stereocenters. The molecule has 1 rings (SSSR count). The normalized spacial score (nSPS) is 31.7. The molecule has 14 heavy (non-hydrogen) atoms. The Labute approximate surface area is 85.5 Å². The molecule has 4 nitrogen and oxygen atoms in total. The summed E-state index contributed by atoms with van der Waals surface area (Å²) in [4.78, 5) is 2.18. The smallest absolute Gasteiger partial charge is 0.0933 e. The fraction of sp³-hybridized carbons (Fsp3) is 1.00. The maximum absolute atomic E-state index is 9.54. The van der Waals surface area contributed by atoms with Gasteiger partial charge in [-0.3, -0.25) is 4.90 Å². The van der Waals surface area contributed by atoms with Crippen molar-refractivity contribution < 1.29 is 14.9 Å². The predicted molar refractivity (Wildman–Crippen MR) is 54.2 cm³/mol. The van der Waals surface area contributed by atoms with Gasteiger partial charge in [0.25, 0.3) is 0 Å². The Bertz CT molecular complexity index is 163. The van der Waals surface area contributed by atoms with Crippen LogP contribution >= 0.6 is 0 Å². The zero-order valence-electron chi connectivity index (χ0n) is 9.02. The summed E-state index contributed by atoms with van der Waals surface area (Å²) >= 11 is 0. The number of hydrogen-bond acceptors (Lipinski definition) is 4. The van der Waals surface area contributed by atoms with Gasteiger partial charge in [-0.25, -0.2) is 0 Å². The molecule has 0 radical (unpaired) electrons. The van der Waals surface area contributed by atoms with Gasteiger partial charge < -0.3 is 14.9 Å². The molecule has 1 heterocycles. The third-order valence-corrected chi connectivity index (χ3v) is 2.75. The first-order valence-electron chi connectivity index (χ1n) is 5.32. The highest BCUT2D eigenvalue weighted by atomic mass is 16.5. The van der Waals surface area contributed by atoms with Crippen molar-refractivity contribution in [2.24, 2.45) is 0 Å². The molecule has 1 fully saturated rings. The third kappa shape index (κ3) is 3.20. The van der Waals surface area contributed by atoms with Crippen LogP contribution in [0.2, 0.25) is 0 Å². The van der Waals surface area contributed by atoms with Crippen molar-refractivity contribution >= 4 is 0 Å². The van der Waals surface area contributed by atoms with Gasteiger partial charge in [0.2, 0.25) is 0 Å². The van der Waals surface area contributed by atoms with Crippen molar-refractivity contribution in [1.29, 1.82) is 0 Å². The van der Waals surface area contributed by atoms with Crippen LogP contribution in [0.15, 0.2) is 0 Å². The zero-order valence-corrected chi connectivity index (χ0v) is 9.02. The van der Waals surface area contributed by atoms with Gasteiger partial charge in [0, 0.05) is 19.1 Å². The molecule has 1 aliphatic heterocycles. The molecule has 0 amide bonds. The van der Waals surface area contributed by atoms with Crippen LogP contribution in [0.25, 0.3) is 0 Å². The Balaban J connectivity index is 2.40. The van der Waals surface area contributed by atoms with Crippen LogP contribution in [-0.4, -0.2) is 59.7 Å². The number of nitrogens with zero attached hydrogens (tertiary/aromatic N) is 1. The lowest BCUT2D eigenvalue weighted by Gasteiger charge is -2.38. The van der Waals surface area contributed by atoms with Gasteiger partial charge >= 0.3 is 0 Å². The summed E-state index contributed by atoms with van der Waals surface area (Å²) in [5.41, 5.74) is 0. The standard InChI is InChI=1S/C10H21NO3/c1-3-9(13)4-11-5-10(6-12)14-7-8(11)2/h8-10,12-13H,3-7H2,1-2H3. The van der Waals surface area contributed by atoms with E-state index < -0.39 is 0 Å². The summed E-state index contributed by atoms with van der Waals surface area (Å²) < 4.78 is 5.41. The van der Waals surface area contributed by atoms with E-state index >= 15 is 0 Å². The fourth-order valence-electron chi connectivity index (χ4n) is 1.64. The molecule has 0 aliphatic carbocycles. The van der Waals surface area contributed by atoms with E-state index in [0.29, 0.717) is 25.7 Å².